The van der Waals surface area contributed by atoms with E-state index in [9.17, 15) is 9.59 Å². The van der Waals surface area contributed by atoms with E-state index in [4.69, 9.17) is 4.42 Å². The van der Waals surface area contributed by atoms with Crippen molar-refractivity contribution in [2.24, 2.45) is 0 Å². The smallest absolute Gasteiger partial charge is 0.408 e. The first-order chi connectivity index (χ1) is 14.5. The van der Waals surface area contributed by atoms with Gasteiger partial charge in [-0.25, -0.2) is 19.7 Å². The third-order valence-electron chi connectivity index (χ3n) is 4.78. The van der Waals surface area contributed by atoms with E-state index in [2.05, 4.69) is 25.6 Å². The monoisotopic (exact) mass is 407 g/mol. The topological polar surface area (TPSA) is 120 Å². The fourth-order valence-corrected chi connectivity index (χ4v) is 3.06. The predicted octanol–water partition coefficient (Wildman–Crippen LogP) is 1.42. The van der Waals surface area contributed by atoms with Crippen LogP contribution in [0, 0.1) is 13.8 Å². The van der Waals surface area contributed by atoms with Crippen LogP contribution in [0.2, 0.25) is 0 Å². The molecule has 0 aliphatic heterocycles. The Hall–Kier alpha value is -3.95. The number of hydrogen-bond donors (Lipinski definition) is 2. The quantitative estimate of drug-likeness (QED) is 0.445. The van der Waals surface area contributed by atoms with Gasteiger partial charge in [0.15, 0.2) is 5.58 Å². The maximum Gasteiger partial charge on any atom is 0.420 e. The molecule has 0 fully saturated rings. The molecule has 0 aliphatic carbocycles. The molecular weight excluding hydrogens is 386 g/mol. The van der Waals surface area contributed by atoms with E-state index in [1.165, 1.54) is 10.9 Å². The number of amides is 1. The third kappa shape index (κ3) is 3.93. The van der Waals surface area contributed by atoms with Crippen LogP contribution >= 0.6 is 0 Å². The minimum atomic E-state index is -0.553. The Morgan fingerprint density at radius 2 is 1.97 bits per heavy atom. The van der Waals surface area contributed by atoms with Crippen molar-refractivity contribution in [3.8, 4) is 5.82 Å². The summed E-state index contributed by atoms with van der Waals surface area (Å²) in [5, 5.41) is 5.93. The summed E-state index contributed by atoms with van der Waals surface area (Å²) in [4.78, 5) is 36.9. The Labute approximate surface area is 171 Å². The van der Waals surface area contributed by atoms with Gasteiger partial charge in [0.1, 0.15) is 30.8 Å². The molecule has 0 bridgehead atoms. The van der Waals surface area contributed by atoms with Crippen molar-refractivity contribution >= 4 is 22.8 Å². The highest BCUT2D eigenvalue weighted by atomic mass is 16.4. The van der Waals surface area contributed by atoms with Gasteiger partial charge in [0.05, 0.1) is 11.2 Å². The van der Waals surface area contributed by atoms with Crippen LogP contribution in [-0.4, -0.2) is 43.1 Å². The number of aryl methyl sites for hydroxylation is 1. The van der Waals surface area contributed by atoms with E-state index in [-0.39, 0.29) is 12.5 Å². The summed E-state index contributed by atoms with van der Waals surface area (Å²) in [7, 11) is 0. The summed E-state index contributed by atoms with van der Waals surface area (Å²) < 4.78 is 8.33. The van der Waals surface area contributed by atoms with E-state index in [0.717, 1.165) is 11.4 Å². The molecule has 0 unspecified atom stereocenters. The molecule has 4 rings (SSSR count). The summed E-state index contributed by atoms with van der Waals surface area (Å²) in [6.45, 7) is 4.64. The van der Waals surface area contributed by atoms with Gasteiger partial charge < -0.3 is 15.1 Å². The van der Waals surface area contributed by atoms with Crippen molar-refractivity contribution in [1.82, 2.24) is 29.4 Å². The highest BCUT2D eigenvalue weighted by Gasteiger charge is 2.12. The number of carbonyl (C=O) groups excluding carboxylic acids is 1. The number of carbonyl (C=O) groups is 1. The average molecular weight is 407 g/mol. The highest BCUT2D eigenvalue weighted by Crippen LogP contribution is 2.13. The summed E-state index contributed by atoms with van der Waals surface area (Å²) in [5.41, 5.74) is 3.00. The Morgan fingerprint density at radius 3 is 2.77 bits per heavy atom. The molecule has 4 aromatic rings. The number of imidazole rings is 1. The van der Waals surface area contributed by atoms with Crippen molar-refractivity contribution in [1.29, 1.82) is 0 Å². The van der Waals surface area contributed by atoms with Gasteiger partial charge in [0.2, 0.25) is 5.91 Å². The van der Waals surface area contributed by atoms with Gasteiger partial charge in [-0.1, -0.05) is 12.1 Å². The number of oxazole rings is 1. The molecular formula is C20H21N7O3. The molecule has 0 radical (unpaired) electrons. The van der Waals surface area contributed by atoms with E-state index in [1.807, 2.05) is 24.5 Å². The highest BCUT2D eigenvalue weighted by molar-refractivity contribution is 5.79. The first kappa shape index (κ1) is 19.4. The first-order valence-electron chi connectivity index (χ1n) is 9.45. The van der Waals surface area contributed by atoms with Crippen molar-refractivity contribution in [3.63, 3.8) is 0 Å². The van der Waals surface area contributed by atoms with Gasteiger partial charge in [-0.3, -0.25) is 13.9 Å². The van der Waals surface area contributed by atoms with Gasteiger partial charge in [-0.05, 0) is 26.0 Å². The number of fused-ring (bicyclic) bond motifs is 1. The predicted molar refractivity (Wildman–Crippen MR) is 111 cm³/mol. The Morgan fingerprint density at radius 1 is 1.13 bits per heavy atom. The third-order valence-corrected chi connectivity index (χ3v) is 4.78. The lowest BCUT2D eigenvalue weighted by Crippen LogP contribution is -2.33. The molecule has 1 amide bonds. The molecule has 0 saturated heterocycles. The molecule has 3 aromatic heterocycles. The van der Waals surface area contributed by atoms with Gasteiger partial charge >= 0.3 is 5.76 Å². The van der Waals surface area contributed by atoms with E-state index in [0.29, 0.717) is 35.8 Å². The van der Waals surface area contributed by atoms with Crippen LogP contribution in [0.5, 0.6) is 0 Å². The fraction of sp³-hybridized carbons (Fsp3) is 0.250. The van der Waals surface area contributed by atoms with Crippen LogP contribution in [0.1, 0.15) is 11.4 Å². The normalized spacial score (nSPS) is 11.0. The second-order valence-electron chi connectivity index (χ2n) is 6.75. The van der Waals surface area contributed by atoms with Crippen molar-refractivity contribution in [2.75, 3.05) is 18.4 Å². The maximum absolute atomic E-state index is 12.2. The lowest BCUT2D eigenvalue weighted by atomic mass is 10.3. The Bertz CT molecular complexity index is 1250. The Kier molecular flexibility index (Phi) is 5.29. The number of anilines is 1. The van der Waals surface area contributed by atoms with Crippen molar-refractivity contribution in [3.05, 3.63) is 64.9 Å². The SMILES string of the molecule is Cc1ncn(-c2cc(NCCNC(=O)Cn3c(=O)oc4ccccc43)ncn2)c1C. The number of hydrogen-bond acceptors (Lipinski definition) is 7. The average Bonchev–Trinajstić information content (AvgIpc) is 3.24. The van der Waals surface area contributed by atoms with Crippen LogP contribution in [-0.2, 0) is 11.3 Å². The molecule has 1 aromatic carbocycles. The summed E-state index contributed by atoms with van der Waals surface area (Å²) >= 11 is 0. The van der Waals surface area contributed by atoms with Crippen molar-refractivity contribution < 1.29 is 9.21 Å². The molecule has 0 spiro atoms. The fourth-order valence-electron chi connectivity index (χ4n) is 3.06. The summed E-state index contributed by atoms with van der Waals surface area (Å²) in [6.07, 6.45) is 3.19. The first-order valence-corrected chi connectivity index (χ1v) is 9.45. The number of nitrogens with one attached hydrogen (secondary N) is 2. The van der Waals surface area contributed by atoms with Crippen LogP contribution in [0.15, 0.2) is 52.2 Å². The zero-order valence-electron chi connectivity index (χ0n) is 16.6. The molecule has 10 heteroatoms. The number of para-hydroxylation sites is 2. The summed E-state index contributed by atoms with van der Waals surface area (Å²) in [5.74, 6) is 0.513. The second-order valence-corrected chi connectivity index (χ2v) is 6.75. The van der Waals surface area contributed by atoms with Gasteiger partial charge in [0.25, 0.3) is 0 Å². The maximum atomic E-state index is 12.2. The zero-order valence-corrected chi connectivity index (χ0v) is 16.6. The standard InChI is InChI=1S/C20H21N7O3/c1-13-14(2)27(12-25-13)18-9-17(23-11-24-18)21-7-8-22-19(28)10-26-15-5-3-4-6-16(15)30-20(26)29/h3-6,9,11-12H,7-8,10H2,1-2H3,(H,22,28)(H,21,23,24). The van der Waals surface area contributed by atoms with Crippen LogP contribution in [0.25, 0.3) is 16.9 Å². The lowest BCUT2D eigenvalue weighted by Gasteiger charge is -2.09. The van der Waals surface area contributed by atoms with Crippen molar-refractivity contribution in [2.45, 2.75) is 20.4 Å². The van der Waals surface area contributed by atoms with E-state index in [1.54, 1.807) is 30.6 Å². The van der Waals surface area contributed by atoms with Crippen LogP contribution in [0.4, 0.5) is 5.82 Å². The molecule has 10 nitrogen and oxygen atoms in total. The van der Waals surface area contributed by atoms with E-state index >= 15 is 0 Å². The number of benzene rings is 1. The zero-order chi connectivity index (χ0) is 21.1. The van der Waals surface area contributed by atoms with Crippen LogP contribution in [0.3, 0.4) is 0 Å². The molecule has 3 heterocycles. The largest absolute Gasteiger partial charge is 0.420 e. The van der Waals surface area contributed by atoms with Crippen LogP contribution < -0.4 is 16.4 Å². The lowest BCUT2D eigenvalue weighted by molar-refractivity contribution is -0.121. The number of rotatable bonds is 7. The molecule has 2 N–H and O–H groups in total. The molecule has 0 atom stereocenters. The van der Waals surface area contributed by atoms with Gasteiger partial charge in [-0.2, -0.15) is 0 Å². The second kappa shape index (κ2) is 8.19. The van der Waals surface area contributed by atoms with Gasteiger partial charge in [-0.15, -0.1) is 0 Å². The number of aromatic nitrogens is 5. The number of nitrogens with zero attached hydrogens (tertiary/aromatic N) is 5. The molecule has 30 heavy (non-hydrogen) atoms. The summed E-state index contributed by atoms with van der Waals surface area (Å²) in [6, 6.07) is 8.81. The van der Waals surface area contributed by atoms with Gasteiger partial charge in [0, 0.05) is 24.8 Å². The van der Waals surface area contributed by atoms with E-state index < -0.39 is 5.76 Å². The Balaban J connectivity index is 1.31. The molecule has 154 valence electrons. The minimum absolute atomic E-state index is 0.104. The minimum Gasteiger partial charge on any atom is -0.408 e. The molecule has 0 saturated carbocycles. The molecule has 0 aliphatic rings.